The molecule has 0 aliphatic carbocycles. The summed E-state index contributed by atoms with van der Waals surface area (Å²) < 4.78 is 4.83. The topological polar surface area (TPSA) is 92.4 Å². The average molecular weight is 328 g/mol. The molecule has 2 amide bonds. The van der Waals surface area contributed by atoms with Gasteiger partial charge in [0.1, 0.15) is 5.69 Å². The normalized spacial score (nSPS) is 10.3. The maximum atomic E-state index is 11.9. The second-order valence-electron chi connectivity index (χ2n) is 4.67. The van der Waals surface area contributed by atoms with Crippen LogP contribution in [0.4, 0.5) is 5.13 Å². The number of unbranched alkanes of at least 4 members (excludes halogenated alkanes) is 1. The van der Waals surface area contributed by atoms with Crippen molar-refractivity contribution in [2.75, 3.05) is 38.7 Å². The van der Waals surface area contributed by atoms with Crippen molar-refractivity contribution < 1.29 is 14.3 Å². The minimum atomic E-state index is -0.260. The van der Waals surface area contributed by atoms with Gasteiger partial charge in [0.2, 0.25) is 5.91 Å². The number of ether oxygens (including phenoxy) is 1. The predicted octanol–water partition coefficient (Wildman–Crippen LogP) is 1.24. The number of methoxy groups -OCH3 is 1. The van der Waals surface area contributed by atoms with Gasteiger partial charge in [-0.25, -0.2) is 4.98 Å². The highest BCUT2D eigenvalue weighted by atomic mass is 32.1. The van der Waals surface area contributed by atoms with Crippen molar-refractivity contribution in [2.45, 2.75) is 26.2 Å². The number of amides is 2. The molecular formula is C14H24N4O3S. The molecular weight excluding hydrogens is 304 g/mol. The smallest absolute Gasteiger partial charge is 0.270 e. The largest absolute Gasteiger partial charge is 0.383 e. The zero-order chi connectivity index (χ0) is 16.2. The number of hydrogen-bond donors (Lipinski definition) is 3. The van der Waals surface area contributed by atoms with E-state index in [1.807, 2.05) is 0 Å². The molecule has 0 fully saturated rings. The first-order chi connectivity index (χ1) is 10.7. The van der Waals surface area contributed by atoms with Crippen LogP contribution in [0.1, 0.15) is 36.7 Å². The lowest BCUT2D eigenvalue weighted by atomic mass is 10.3. The van der Waals surface area contributed by atoms with Crippen molar-refractivity contribution in [1.82, 2.24) is 15.6 Å². The van der Waals surface area contributed by atoms with Crippen LogP contribution < -0.4 is 16.0 Å². The van der Waals surface area contributed by atoms with Crippen LogP contribution in [-0.4, -0.2) is 50.1 Å². The van der Waals surface area contributed by atoms with Gasteiger partial charge < -0.3 is 20.7 Å². The molecule has 0 atom stereocenters. The molecule has 7 nitrogen and oxygen atoms in total. The molecule has 1 aromatic heterocycles. The standard InChI is InChI=1S/C14H24N4O3S/c1-3-4-6-17-14-18-11(10-22-14)13(20)16-7-5-12(19)15-8-9-21-2/h10H,3-9H2,1-2H3,(H,15,19)(H,16,20)(H,17,18). The summed E-state index contributed by atoms with van der Waals surface area (Å²) in [5, 5.41) is 11.0. The van der Waals surface area contributed by atoms with E-state index in [0.29, 0.717) is 18.8 Å². The van der Waals surface area contributed by atoms with E-state index >= 15 is 0 Å². The number of hydrogen-bond acceptors (Lipinski definition) is 6. The SMILES string of the molecule is CCCCNc1nc(C(=O)NCCC(=O)NCCOC)cs1. The van der Waals surface area contributed by atoms with Crippen LogP contribution in [0.5, 0.6) is 0 Å². The summed E-state index contributed by atoms with van der Waals surface area (Å²) in [4.78, 5) is 27.5. The molecule has 8 heteroatoms. The lowest BCUT2D eigenvalue weighted by Gasteiger charge is -2.05. The van der Waals surface area contributed by atoms with E-state index < -0.39 is 0 Å². The van der Waals surface area contributed by atoms with Gasteiger partial charge in [-0.1, -0.05) is 13.3 Å². The molecule has 0 aliphatic rings. The van der Waals surface area contributed by atoms with Crippen LogP contribution in [0.15, 0.2) is 5.38 Å². The second-order valence-corrected chi connectivity index (χ2v) is 5.52. The van der Waals surface area contributed by atoms with E-state index in [1.54, 1.807) is 12.5 Å². The Morgan fingerprint density at radius 1 is 1.27 bits per heavy atom. The fraction of sp³-hybridized carbons (Fsp3) is 0.643. The van der Waals surface area contributed by atoms with Gasteiger partial charge in [-0.3, -0.25) is 9.59 Å². The molecule has 1 heterocycles. The van der Waals surface area contributed by atoms with E-state index in [0.717, 1.165) is 24.5 Å². The van der Waals surface area contributed by atoms with Crippen molar-refractivity contribution >= 4 is 28.3 Å². The van der Waals surface area contributed by atoms with E-state index in [1.165, 1.54) is 11.3 Å². The van der Waals surface area contributed by atoms with Gasteiger partial charge in [0.25, 0.3) is 5.91 Å². The van der Waals surface area contributed by atoms with Crippen LogP contribution in [0, 0.1) is 0 Å². The van der Waals surface area contributed by atoms with Gasteiger partial charge in [-0.15, -0.1) is 11.3 Å². The summed E-state index contributed by atoms with van der Waals surface area (Å²) in [6.45, 7) is 4.21. The third-order valence-electron chi connectivity index (χ3n) is 2.81. The Morgan fingerprint density at radius 3 is 2.82 bits per heavy atom. The Labute approximate surface area is 134 Å². The molecule has 3 N–H and O–H groups in total. The summed E-state index contributed by atoms with van der Waals surface area (Å²) in [5.41, 5.74) is 0.379. The molecule has 0 spiro atoms. The summed E-state index contributed by atoms with van der Waals surface area (Å²) in [5.74, 6) is -0.373. The van der Waals surface area contributed by atoms with Crippen molar-refractivity contribution in [1.29, 1.82) is 0 Å². The maximum absolute atomic E-state index is 11.9. The Bertz CT molecular complexity index is 465. The average Bonchev–Trinajstić information content (AvgIpc) is 2.97. The minimum Gasteiger partial charge on any atom is -0.383 e. The van der Waals surface area contributed by atoms with Crippen molar-refractivity contribution in [2.24, 2.45) is 0 Å². The zero-order valence-corrected chi connectivity index (χ0v) is 13.9. The number of nitrogens with one attached hydrogen (secondary N) is 3. The lowest BCUT2D eigenvalue weighted by molar-refractivity contribution is -0.121. The van der Waals surface area contributed by atoms with Crippen LogP contribution in [0.3, 0.4) is 0 Å². The summed E-state index contributed by atoms with van der Waals surface area (Å²) >= 11 is 1.41. The van der Waals surface area contributed by atoms with Gasteiger partial charge in [0, 0.05) is 38.5 Å². The summed E-state index contributed by atoms with van der Waals surface area (Å²) in [7, 11) is 1.58. The van der Waals surface area contributed by atoms with Gasteiger partial charge in [0.05, 0.1) is 6.61 Å². The Balaban J connectivity index is 2.23. The second kappa shape index (κ2) is 11.0. The quantitative estimate of drug-likeness (QED) is 0.532. The van der Waals surface area contributed by atoms with Crippen LogP contribution in [-0.2, 0) is 9.53 Å². The molecule has 0 radical (unpaired) electrons. The van der Waals surface area contributed by atoms with Crippen molar-refractivity contribution in [3.63, 3.8) is 0 Å². The van der Waals surface area contributed by atoms with E-state index in [4.69, 9.17) is 4.74 Å². The molecule has 0 bridgehead atoms. The van der Waals surface area contributed by atoms with E-state index in [-0.39, 0.29) is 24.8 Å². The van der Waals surface area contributed by atoms with Crippen LogP contribution in [0.25, 0.3) is 0 Å². The highest BCUT2D eigenvalue weighted by molar-refractivity contribution is 7.13. The third kappa shape index (κ3) is 7.37. The number of carbonyl (C=O) groups is 2. The first-order valence-corrected chi connectivity index (χ1v) is 8.28. The van der Waals surface area contributed by atoms with Crippen LogP contribution in [0.2, 0.25) is 0 Å². The number of aromatic nitrogens is 1. The Hall–Kier alpha value is -1.67. The number of rotatable bonds is 11. The van der Waals surface area contributed by atoms with Gasteiger partial charge in [-0.2, -0.15) is 0 Å². The summed E-state index contributed by atoms with van der Waals surface area (Å²) in [6, 6.07) is 0. The highest BCUT2D eigenvalue weighted by Gasteiger charge is 2.10. The fourth-order valence-corrected chi connectivity index (χ4v) is 2.31. The molecule has 0 aliphatic heterocycles. The molecule has 1 aromatic rings. The van der Waals surface area contributed by atoms with Gasteiger partial charge in [-0.05, 0) is 6.42 Å². The number of carbonyl (C=O) groups excluding carboxylic acids is 2. The van der Waals surface area contributed by atoms with Crippen molar-refractivity contribution in [3.05, 3.63) is 11.1 Å². The zero-order valence-electron chi connectivity index (χ0n) is 13.1. The number of nitrogens with zero attached hydrogens (tertiary/aromatic N) is 1. The Morgan fingerprint density at radius 2 is 2.09 bits per heavy atom. The Kier molecular flexibility index (Phi) is 9.17. The number of thiazole rings is 1. The van der Waals surface area contributed by atoms with Crippen LogP contribution >= 0.6 is 11.3 Å². The maximum Gasteiger partial charge on any atom is 0.270 e. The van der Waals surface area contributed by atoms with Gasteiger partial charge >= 0.3 is 0 Å². The predicted molar refractivity (Wildman–Crippen MR) is 87.3 cm³/mol. The molecule has 1 rings (SSSR count). The first-order valence-electron chi connectivity index (χ1n) is 7.40. The van der Waals surface area contributed by atoms with E-state index in [9.17, 15) is 9.59 Å². The third-order valence-corrected chi connectivity index (χ3v) is 3.61. The fourth-order valence-electron chi connectivity index (χ4n) is 1.59. The monoisotopic (exact) mass is 328 g/mol. The highest BCUT2D eigenvalue weighted by Crippen LogP contribution is 2.15. The number of anilines is 1. The minimum absolute atomic E-state index is 0.113. The van der Waals surface area contributed by atoms with Crippen molar-refractivity contribution in [3.8, 4) is 0 Å². The first kappa shape index (κ1) is 18.4. The molecule has 0 unspecified atom stereocenters. The lowest BCUT2D eigenvalue weighted by Crippen LogP contribution is -2.32. The summed E-state index contributed by atoms with van der Waals surface area (Å²) in [6.07, 6.45) is 2.42. The molecule has 0 saturated heterocycles. The molecule has 0 aromatic carbocycles. The molecule has 0 saturated carbocycles. The van der Waals surface area contributed by atoms with E-state index in [2.05, 4.69) is 27.9 Å². The van der Waals surface area contributed by atoms with Gasteiger partial charge in [0.15, 0.2) is 5.13 Å². The molecule has 22 heavy (non-hydrogen) atoms. The molecule has 124 valence electrons.